The van der Waals surface area contributed by atoms with Gasteiger partial charge in [-0.3, -0.25) is 9.52 Å². The zero-order valence-corrected chi connectivity index (χ0v) is 15.7. The Morgan fingerprint density at radius 2 is 1.58 bits per heavy atom. The van der Waals surface area contributed by atoms with Crippen LogP contribution in [0.2, 0.25) is 15.1 Å². The predicted molar refractivity (Wildman–Crippen MR) is 99.1 cm³/mol. The number of anilines is 2. The Bertz CT molecular complexity index is 914. The molecule has 0 aliphatic carbocycles. The van der Waals surface area contributed by atoms with E-state index in [0.717, 1.165) is 6.26 Å². The molecule has 24 heavy (non-hydrogen) atoms. The Morgan fingerprint density at radius 1 is 0.958 bits per heavy atom. The number of carbonyl (C=O) groups is 1. The van der Waals surface area contributed by atoms with Crippen molar-refractivity contribution < 1.29 is 13.2 Å². The summed E-state index contributed by atoms with van der Waals surface area (Å²) in [5, 5.41) is 3.44. The van der Waals surface area contributed by atoms with E-state index >= 15 is 0 Å². The van der Waals surface area contributed by atoms with Crippen LogP contribution in [0.1, 0.15) is 15.9 Å². The first-order chi connectivity index (χ1) is 11.1. The van der Waals surface area contributed by atoms with E-state index in [4.69, 9.17) is 34.8 Å². The molecule has 1 amide bonds. The van der Waals surface area contributed by atoms with Gasteiger partial charge in [-0.25, -0.2) is 8.42 Å². The van der Waals surface area contributed by atoms with Crippen molar-refractivity contribution in [2.45, 2.75) is 6.92 Å². The lowest BCUT2D eigenvalue weighted by Gasteiger charge is -2.11. The number of aryl methyl sites for hydroxylation is 1. The summed E-state index contributed by atoms with van der Waals surface area (Å²) in [5.41, 5.74) is 1.68. The van der Waals surface area contributed by atoms with Crippen molar-refractivity contribution in [2.24, 2.45) is 0 Å². The summed E-state index contributed by atoms with van der Waals surface area (Å²) in [5.74, 6) is -0.413. The lowest BCUT2D eigenvalue weighted by Crippen LogP contribution is -2.14. The van der Waals surface area contributed by atoms with Gasteiger partial charge in [0.2, 0.25) is 10.0 Å². The monoisotopic (exact) mass is 406 g/mol. The van der Waals surface area contributed by atoms with Crippen molar-refractivity contribution in [2.75, 3.05) is 16.3 Å². The molecule has 0 saturated heterocycles. The fourth-order valence-electron chi connectivity index (χ4n) is 1.93. The molecule has 0 aliphatic rings. The van der Waals surface area contributed by atoms with Gasteiger partial charge < -0.3 is 5.32 Å². The largest absolute Gasteiger partial charge is 0.321 e. The molecule has 0 spiro atoms. The van der Waals surface area contributed by atoms with Gasteiger partial charge >= 0.3 is 0 Å². The molecule has 0 unspecified atom stereocenters. The minimum absolute atomic E-state index is 0.254. The van der Waals surface area contributed by atoms with Gasteiger partial charge in [0.25, 0.3) is 5.91 Å². The van der Waals surface area contributed by atoms with Crippen LogP contribution in [-0.4, -0.2) is 20.6 Å². The van der Waals surface area contributed by atoms with E-state index in [1.165, 1.54) is 24.3 Å². The van der Waals surface area contributed by atoms with Crippen LogP contribution in [0.4, 0.5) is 11.4 Å². The predicted octanol–water partition coefficient (Wildman–Crippen LogP) is 4.58. The van der Waals surface area contributed by atoms with E-state index in [1.807, 2.05) is 0 Å². The van der Waals surface area contributed by atoms with Gasteiger partial charge in [-0.1, -0.05) is 34.8 Å². The molecule has 0 bridgehead atoms. The topological polar surface area (TPSA) is 75.3 Å². The third-order valence-electron chi connectivity index (χ3n) is 3.04. The number of rotatable bonds is 4. The number of benzene rings is 2. The highest BCUT2D eigenvalue weighted by atomic mass is 35.5. The number of nitrogens with one attached hydrogen (secondary N) is 2. The second kappa shape index (κ2) is 7.19. The minimum Gasteiger partial charge on any atom is -0.321 e. The highest BCUT2D eigenvalue weighted by Gasteiger charge is 2.13. The molecule has 5 nitrogen and oxygen atoms in total. The normalized spacial score (nSPS) is 11.2. The molecule has 2 aromatic rings. The molecule has 0 heterocycles. The lowest BCUT2D eigenvalue weighted by molar-refractivity contribution is 0.102. The maximum atomic E-state index is 12.3. The SMILES string of the molecule is Cc1cc(C(=O)Nc2cc(Cl)c(Cl)cc2Cl)ccc1NS(C)(=O)=O. The van der Waals surface area contributed by atoms with Gasteiger partial charge in [-0.2, -0.15) is 0 Å². The number of hydrogen-bond donors (Lipinski definition) is 2. The van der Waals surface area contributed by atoms with Crippen LogP contribution >= 0.6 is 34.8 Å². The molecule has 0 aliphatic heterocycles. The summed E-state index contributed by atoms with van der Waals surface area (Å²) in [4.78, 5) is 12.3. The lowest BCUT2D eigenvalue weighted by atomic mass is 10.1. The Balaban J connectivity index is 2.25. The Labute approximate surface area is 155 Å². The Hall–Kier alpha value is -1.47. The van der Waals surface area contributed by atoms with Gasteiger partial charge in [-0.15, -0.1) is 0 Å². The molecule has 0 atom stereocenters. The van der Waals surface area contributed by atoms with Crippen molar-refractivity contribution in [3.05, 3.63) is 56.5 Å². The van der Waals surface area contributed by atoms with Crippen molar-refractivity contribution >= 4 is 62.1 Å². The molecule has 0 saturated carbocycles. The number of carbonyl (C=O) groups excluding carboxylic acids is 1. The van der Waals surface area contributed by atoms with E-state index in [9.17, 15) is 13.2 Å². The van der Waals surface area contributed by atoms with Crippen LogP contribution in [0.25, 0.3) is 0 Å². The fraction of sp³-hybridized carbons (Fsp3) is 0.133. The second-order valence-electron chi connectivity index (χ2n) is 5.10. The van der Waals surface area contributed by atoms with Crippen LogP contribution in [0.15, 0.2) is 30.3 Å². The molecule has 9 heteroatoms. The summed E-state index contributed by atoms with van der Waals surface area (Å²) < 4.78 is 24.9. The average Bonchev–Trinajstić information content (AvgIpc) is 2.45. The van der Waals surface area contributed by atoms with E-state index < -0.39 is 15.9 Å². The van der Waals surface area contributed by atoms with Crippen LogP contribution in [0.3, 0.4) is 0 Å². The molecule has 2 N–H and O–H groups in total. The highest BCUT2D eigenvalue weighted by molar-refractivity contribution is 7.92. The first-order valence-corrected chi connectivity index (χ1v) is 9.63. The van der Waals surface area contributed by atoms with Crippen molar-refractivity contribution in [3.63, 3.8) is 0 Å². The van der Waals surface area contributed by atoms with Crippen LogP contribution in [0, 0.1) is 6.92 Å². The smallest absolute Gasteiger partial charge is 0.255 e. The van der Waals surface area contributed by atoms with E-state index in [-0.39, 0.29) is 15.1 Å². The molecule has 2 aromatic carbocycles. The highest BCUT2D eigenvalue weighted by Crippen LogP contribution is 2.32. The minimum atomic E-state index is -3.39. The molecular formula is C15H13Cl3N2O3S. The quantitative estimate of drug-likeness (QED) is 0.728. The summed E-state index contributed by atoms with van der Waals surface area (Å²) in [6.45, 7) is 1.69. The van der Waals surface area contributed by atoms with Crippen molar-refractivity contribution in [1.82, 2.24) is 0 Å². The zero-order valence-electron chi connectivity index (χ0n) is 12.7. The maximum absolute atomic E-state index is 12.3. The summed E-state index contributed by atoms with van der Waals surface area (Å²) >= 11 is 17.8. The summed E-state index contributed by atoms with van der Waals surface area (Å²) in [7, 11) is -3.39. The Kier molecular flexibility index (Phi) is 5.65. The number of amides is 1. The van der Waals surface area contributed by atoms with Gasteiger partial charge in [-0.05, 0) is 42.8 Å². The van der Waals surface area contributed by atoms with Gasteiger partial charge in [0.05, 0.1) is 32.7 Å². The molecule has 0 fully saturated rings. The van der Waals surface area contributed by atoms with Gasteiger partial charge in [0.1, 0.15) is 0 Å². The van der Waals surface area contributed by atoms with Crippen molar-refractivity contribution in [3.8, 4) is 0 Å². The van der Waals surface area contributed by atoms with Gasteiger partial charge in [0.15, 0.2) is 0 Å². The maximum Gasteiger partial charge on any atom is 0.255 e. The first kappa shape index (κ1) is 18.9. The summed E-state index contributed by atoms with van der Waals surface area (Å²) in [6.07, 6.45) is 1.05. The molecule has 0 radical (unpaired) electrons. The molecule has 0 aromatic heterocycles. The second-order valence-corrected chi connectivity index (χ2v) is 8.07. The van der Waals surface area contributed by atoms with E-state index in [2.05, 4.69) is 10.0 Å². The average molecular weight is 408 g/mol. The fourth-order valence-corrected chi connectivity index (χ4v) is 3.15. The van der Waals surface area contributed by atoms with Crippen molar-refractivity contribution in [1.29, 1.82) is 0 Å². The summed E-state index contributed by atoms with van der Waals surface area (Å²) in [6, 6.07) is 7.47. The third-order valence-corrected chi connectivity index (χ3v) is 4.67. The molecule has 2 rings (SSSR count). The first-order valence-electron chi connectivity index (χ1n) is 6.61. The van der Waals surface area contributed by atoms with E-state index in [1.54, 1.807) is 13.0 Å². The standard InChI is InChI=1S/C15H13Cl3N2O3S/c1-8-5-9(3-4-13(8)20-24(2,22)23)15(21)19-14-7-11(17)10(16)6-12(14)18/h3-7,20H,1-2H3,(H,19,21). The van der Waals surface area contributed by atoms with Gasteiger partial charge in [0, 0.05) is 5.56 Å². The molecular weight excluding hydrogens is 395 g/mol. The number of halogens is 3. The Morgan fingerprint density at radius 3 is 2.17 bits per heavy atom. The number of sulfonamides is 1. The zero-order chi connectivity index (χ0) is 18.1. The van der Waals surface area contributed by atoms with Crippen LogP contribution in [-0.2, 0) is 10.0 Å². The third kappa shape index (κ3) is 4.77. The van der Waals surface area contributed by atoms with Crippen LogP contribution < -0.4 is 10.0 Å². The number of hydrogen-bond acceptors (Lipinski definition) is 3. The van der Waals surface area contributed by atoms with Crippen LogP contribution in [0.5, 0.6) is 0 Å². The molecule has 128 valence electrons. The van der Waals surface area contributed by atoms with E-state index in [0.29, 0.717) is 22.5 Å².